The van der Waals surface area contributed by atoms with Crippen LogP contribution < -0.4 is 0 Å². The first kappa shape index (κ1) is 15.8. The summed E-state index contributed by atoms with van der Waals surface area (Å²) < 4.78 is 5.27. The molecular weight excluding hydrogens is 250 g/mol. The Morgan fingerprint density at radius 2 is 1.84 bits per heavy atom. The van der Waals surface area contributed by atoms with E-state index in [0.29, 0.717) is 25.9 Å². The van der Waals surface area contributed by atoms with E-state index in [1.807, 2.05) is 0 Å². The molecule has 19 heavy (non-hydrogen) atoms. The van der Waals surface area contributed by atoms with Crippen LogP contribution in [0.5, 0.6) is 0 Å². The van der Waals surface area contributed by atoms with Gasteiger partial charge < -0.3 is 19.8 Å². The Bertz CT molecular complexity index is 336. The van der Waals surface area contributed by atoms with Gasteiger partial charge in [-0.15, -0.1) is 0 Å². The van der Waals surface area contributed by atoms with E-state index in [2.05, 4.69) is 0 Å². The minimum Gasteiger partial charge on any atom is -0.481 e. The second kappa shape index (κ2) is 6.23. The third-order valence-electron chi connectivity index (χ3n) is 3.25. The number of ether oxygens (including phenoxy) is 1. The number of amides is 1. The highest BCUT2D eigenvalue weighted by molar-refractivity contribution is 5.71. The fraction of sp³-hybridized carbons (Fsp3) is 0.846. The van der Waals surface area contributed by atoms with Crippen LogP contribution >= 0.6 is 0 Å². The Morgan fingerprint density at radius 3 is 2.32 bits per heavy atom. The Morgan fingerprint density at radius 1 is 1.26 bits per heavy atom. The summed E-state index contributed by atoms with van der Waals surface area (Å²) in [5, 5.41) is 18.4. The minimum absolute atomic E-state index is 0.168. The second-order valence-electron chi connectivity index (χ2n) is 5.93. The summed E-state index contributed by atoms with van der Waals surface area (Å²) in [6.07, 6.45) is 0.405. The second-order valence-corrected chi connectivity index (χ2v) is 5.93. The van der Waals surface area contributed by atoms with Gasteiger partial charge in [0.25, 0.3) is 0 Å². The van der Waals surface area contributed by atoms with E-state index in [0.717, 1.165) is 0 Å². The predicted molar refractivity (Wildman–Crippen MR) is 68.7 cm³/mol. The molecule has 6 heteroatoms. The normalized spacial score (nSPS) is 24.7. The fourth-order valence-corrected chi connectivity index (χ4v) is 2.22. The molecule has 1 aliphatic heterocycles. The summed E-state index contributed by atoms with van der Waals surface area (Å²) in [4.78, 5) is 24.6. The van der Waals surface area contributed by atoms with Crippen LogP contribution in [0, 0.1) is 11.8 Å². The molecule has 0 radical (unpaired) electrons. The van der Waals surface area contributed by atoms with Gasteiger partial charge in [0.1, 0.15) is 5.60 Å². The average molecular weight is 273 g/mol. The van der Waals surface area contributed by atoms with Crippen LogP contribution in [0.15, 0.2) is 0 Å². The largest absolute Gasteiger partial charge is 0.481 e. The van der Waals surface area contributed by atoms with Gasteiger partial charge in [-0.05, 0) is 39.5 Å². The fourth-order valence-electron chi connectivity index (χ4n) is 2.22. The molecule has 2 atom stereocenters. The van der Waals surface area contributed by atoms with Crippen molar-refractivity contribution in [1.82, 2.24) is 4.90 Å². The standard InChI is InChI=1S/C13H23NO5/c1-13(2,3)19-12(18)14-6-4-9(8-15)10(5-7-14)11(16)17/h9-10,15H,4-8H2,1-3H3,(H,16,17)/t9-,10+/m0/s1. The Labute approximate surface area is 113 Å². The number of carboxylic acids is 1. The van der Waals surface area contributed by atoms with Crippen molar-refractivity contribution in [2.24, 2.45) is 11.8 Å². The monoisotopic (exact) mass is 273 g/mol. The summed E-state index contributed by atoms with van der Waals surface area (Å²) in [7, 11) is 0. The molecule has 110 valence electrons. The summed E-state index contributed by atoms with van der Waals surface area (Å²) in [6, 6.07) is 0. The van der Waals surface area contributed by atoms with Crippen molar-refractivity contribution in [2.45, 2.75) is 39.2 Å². The molecule has 1 saturated heterocycles. The molecule has 0 aromatic rings. The van der Waals surface area contributed by atoms with Crippen molar-refractivity contribution in [1.29, 1.82) is 0 Å². The highest BCUT2D eigenvalue weighted by Gasteiger charge is 2.33. The van der Waals surface area contributed by atoms with E-state index in [9.17, 15) is 14.7 Å². The van der Waals surface area contributed by atoms with Crippen LogP contribution in [0.25, 0.3) is 0 Å². The van der Waals surface area contributed by atoms with Gasteiger partial charge >= 0.3 is 12.1 Å². The van der Waals surface area contributed by atoms with Gasteiger partial charge in [0, 0.05) is 19.7 Å². The van der Waals surface area contributed by atoms with E-state index in [1.54, 1.807) is 20.8 Å². The van der Waals surface area contributed by atoms with Gasteiger partial charge in [-0.25, -0.2) is 4.79 Å². The lowest BCUT2D eigenvalue weighted by Gasteiger charge is -2.26. The van der Waals surface area contributed by atoms with Crippen LogP contribution in [0.4, 0.5) is 4.79 Å². The maximum Gasteiger partial charge on any atom is 0.410 e. The molecule has 0 saturated carbocycles. The highest BCUT2D eigenvalue weighted by atomic mass is 16.6. The first-order valence-electron chi connectivity index (χ1n) is 6.56. The molecular formula is C13H23NO5. The number of carbonyl (C=O) groups excluding carboxylic acids is 1. The molecule has 1 rings (SSSR count). The first-order valence-corrected chi connectivity index (χ1v) is 6.56. The number of aliphatic hydroxyl groups excluding tert-OH is 1. The van der Waals surface area contributed by atoms with E-state index in [-0.39, 0.29) is 12.5 Å². The Hall–Kier alpha value is -1.30. The molecule has 0 aliphatic carbocycles. The lowest BCUT2D eigenvalue weighted by Crippen LogP contribution is -2.37. The molecule has 6 nitrogen and oxygen atoms in total. The SMILES string of the molecule is CC(C)(C)OC(=O)N1CC[C@@H](CO)[C@H](C(=O)O)CC1. The quantitative estimate of drug-likeness (QED) is 0.792. The van der Waals surface area contributed by atoms with Crippen LogP contribution in [-0.4, -0.2) is 52.5 Å². The average Bonchev–Trinajstić information content (AvgIpc) is 2.48. The number of carbonyl (C=O) groups is 2. The van der Waals surface area contributed by atoms with Gasteiger partial charge in [0.15, 0.2) is 0 Å². The third kappa shape index (κ3) is 4.70. The number of rotatable bonds is 2. The Balaban J connectivity index is 2.66. The lowest BCUT2D eigenvalue weighted by atomic mass is 9.89. The molecule has 0 aromatic carbocycles. The van der Waals surface area contributed by atoms with E-state index >= 15 is 0 Å². The molecule has 1 fully saturated rings. The zero-order valence-corrected chi connectivity index (χ0v) is 11.8. The molecule has 0 aromatic heterocycles. The summed E-state index contributed by atoms with van der Waals surface area (Å²) in [6.45, 7) is 5.98. The molecule has 1 aliphatic rings. The van der Waals surface area contributed by atoms with Crippen molar-refractivity contribution in [3.05, 3.63) is 0 Å². The zero-order valence-electron chi connectivity index (χ0n) is 11.8. The number of nitrogens with zero attached hydrogens (tertiary/aromatic N) is 1. The predicted octanol–water partition coefficient (Wildman–Crippen LogP) is 1.33. The van der Waals surface area contributed by atoms with Crippen molar-refractivity contribution in [3.8, 4) is 0 Å². The molecule has 2 N–H and O–H groups in total. The summed E-state index contributed by atoms with van der Waals surface area (Å²) in [5.41, 5.74) is -0.564. The van der Waals surface area contributed by atoms with E-state index < -0.39 is 23.6 Å². The molecule has 0 bridgehead atoms. The molecule has 0 spiro atoms. The van der Waals surface area contributed by atoms with Crippen molar-refractivity contribution in [3.63, 3.8) is 0 Å². The Kier molecular flexibility index (Phi) is 5.17. The van der Waals surface area contributed by atoms with E-state index in [1.165, 1.54) is 4.90 Å². The molecule has 1 heterocycles. The van der Waals surface area contributed by atoms with Gasteiger partial charge in [-0.3, -0.25) is 4.79 Å². The lowest BCUT2D eigenvalue weighted by molar-refractivity contribution is -0.144. The van der Waals surface area contributed by atoms with Crippen molar-refractivity contribution < 1.29 is 24.5 Å². The van der Waals surface area contributed by atoms with Crippen molar-refractivity contribution >= 4 is 12.1 Å². The van der Waals surface area contributed by atoms with Crippen molar-refractivity contribution in [2.75, 3.05) is 19.7 Å². The number of carboxylic acid groups (broad SMARTS) is 1. The summed E-state index contributed by atoms with van der Waals surface area (Å²) >= 11 is 0. The third-order valence-corrected chi connectivity index (χ3v) is 3.25. The van der Waals surface area contributed by atoms with E-state index in [4.69, 9.17) is 9.84 Å². The first-order chi connectivity index (χ1) is 8.74. The zero-order chi connectivity index (χ0) is 14.6. The van der Waals surface area contributed by atoms with Gasteiger partial charge in [0.2, 0.25) is 0 Å². The summed E-state index contributed by atoms with van der Waals surface area (Å²) in [5.74, 6) is -1.81. The number of aliphatic hydroxyl groups is 1. The molecule has 0 unspecified atom stereocenters. The minimum atomic E-state index is -0.912. The van der Waals surface area contributed by atoms with Crippen LogP contribution in [0.1, 0.15) is 33.6 Å². The number of aliphatic carboxylic acids is 1. The highest BCUT2D eigenvalue weighted by Crippen LogP contribution is 2.25. The number of hydrogen-bond donors (Lipinski definition) is 2. The van der Waals surface area contributed by atoms with Gasteiger partial charge in [-0.2, -0.15) is 0 Å². The van der Waals surface area contributed by atoms with Crippen LogP contribution in [-0.2, 0) is 9.53 Å². The maximum absolute atomic E-state index is 11.9. The molecule has 1 amide bonds. The van der Waals surface area contributed by atoms with Gasteiger partial charge in [-0.1, -0.05) is 0 Å². The van der Waals surface area contributed by atoms with Crippen LogP contribution in [0.2, 0.25) is 0 Å². The van der Waals surface area contributed by atoms with Gasteiger partial charge in [0.05, 0.1) is 5.92 Å². The van der Waals surface area contributed by atoms with Crippen LogP contribution in [0.3, 0.4) is 0 Å². The topological polar surface area (TPSA) is 87.1 Å². The smallest absolute Gasteiger partial charge is 0.410 e. The number of hydrogen-bond acceptors (Lipinski definition) is 4. The number of likely N-dealkylation sites (tertiary alicyclic amines) is 1. The maximum atomic E-state index is 11.9.